The second kappa shape index (κ2) is 5.66. The van der Waals surface area contributed by atoms with Crippen molar-refractivity contribution < 1.29 is 8.42 Å². The summed E-state index contributed by atoms with van der Waals surface area (Å²) in [6, 6.07) is 7.19. The van der Waals surface area contributed by atoms with E-state index in [1.807, 2.05) is 12.1 Å². The van der Waals surface area contributed by atoms with Crippen LogP contribution in [0.25, 0.3) is 0 Å². The van der Waals surface area contributed by atoms with Crippen LogP contribution in [-0.2, 0) is 16.6 Å². The number of nitrogens with one attached hydrogen (secondary N) is 2. The molecule has 2 heterocycles. The topological polar surface area (TPSA) is 84.0 Å². The van der Waals surface area contributed by atoms with Crippen molar-refractivity contribution in [3.8, 4) is 0 Å². The zero-order valence-electron chi connectivity index (χ0n) is 10.4. The summed E-state index contributed by atoms with van der Waals surface area (Å²) in [6.07, 6.45) is 6.05. The maximum atomic E-state index is 11.0. The molecule has 0 atom stereocenters. The zero-order chi connectivity index (χ0) is 13.7. The quantitative estimate of drug-likeness (QED) is 0.865. The summed E-state index contributed by atoms with van der Waals surface area (Å²) in [5.41, 5.74) is 1.48. The first-order valence-electron chi connectivity index (χ1n) is 5.59. The van der Waals surface area contributed by atoms with Gasteiger partial charge in [-0.1, -0.05) is 6.07 Å². The third kappa shape index (κ3) is 4.55. The molecule has 2 aromatic rings. The lowest BCUT2D eigenvalue weighted by molar-refractivity contribution is 0.607. The first-order valence-corrected chi connectivity index (χ1v) is 7.49. The van der Waals surface area contributed by atoms with Crippen LogP contribution in [0.3, 0.4) is 0 Å². The van der Waals surface area contributed by atoms with Crippen molar-refractivity contribution in [2.24, 2.45) is 0 Å². The molecule has 0 bridgehead atoms. The van der Waals surface area contributed by atoms with Crippen LogP contribution in [0.5, 0.6) is 0 Å². The van der Waals surface area contributed by atoms with Crippen molar-refractivity contribution in [2.75, 3.05) is 16.3 Å². The van der Waals surface area contributed by atoms with Crippen molar-refractivity contribution >= 4 is 21.5 Å². The van der Waals surface area contributed by atoms with E-state index in [4.69, 9.17) is 0 Å². The number of pyridine rings is 2. The van der Waals surface area contributed by atoms with E-state index in [0.29, 0.717) is 18.1 Å². The standard InChI is InChI=1S/C12H14N4O2S/c1-19(17,18)16-11-4-5-12(15-9-11)14-8-10-3-2-6-13-7-10/h2-7,9,16H,8H2,1H3,(H,14,15). The molecule has 100 valence electrons. The minimum Gasteiger partial charge on any atom is -0.366 e. The van der Waals surface area contributed by atoms with Gasteiger partial charge in [-0.25, -0.2) is 13.4 Å². The van der Waals surface area contributed by atoms with Crippen molar-refractivity contribution in [3.05, 3.63) is 48.4 Å². The molecule has 0 saturated heterocycles. The van der Waals surface area contributed by atoms with Crippen molar-refractivity contribution in [2.45, 2.75) is 6.54 Å². The molecule has 0 radical (unpaired) electrons. The number of nitrogens with zero attached hydrogens (tertiary/aromatic N) is 2. The fourth-order valence-electron chi connectivity index (χ4n) is 1.47. The molecule has 2 rings (SSSR count). The highest BCUT2D eigenvalue weighted by Crippen LogP contribution is 2.11. The smallest absolute Gasteiger partial charge is 0.229 e. The third-order valence-electron chi connectivity index (χ3n) is 2.26. The molecule has 0 aromatic carbocycles. The van der Waals surface area contributed by atoms with E-state index in [1.54, 1.807) is 24.5 Å². The van der Waals surface area contributed by atoms with Gasteiger partial charge in [0.25, 0.3) is 0 Å². The van der Waals surface area contributed by atoms with Gasteiger partial charge < -0.3 is 5.32 Å². The Morgan fingerprint density at radius 2 is 2.05 bits per heavy atom. The largest absolute Gasteiger partial charge is 0.366 e. The molecule has 7 heteroatoms. The Bertz CT molecular complexity index is 627. The van der Waals surface area contributed by atoms with Gasteiger partial charge in [0.05, 0.1) is 18.1 Å². The molecule has 0 fully saturated rings. The van der Waals surface area contributed by atoms with Gasteiger partial charge in [0.1, 0.15) is 5.82 Å². The molecule has 6 nitrogen and oxygen atoms in total. The fraction of sp³-hybridized carbons (Fsp3) is 0.167. The van der Waals surface area contributed by atoms with Crippen LogP contribution in [0.4, 0.5) is 11.5 Å². The van der Waals surface area contributed by atoms with Crippen LogP contribution < -0.4 is 10.0 Å². The highest BCUT2D eigenvalue weighted by molar-refractivity contribution is 7.92. The average molecular weight is 278 g/mol. The van der Waals surface area contributed by atoms with E-state index in [1.165, 1.54) is 6.20 Å². The van der Waals surface area contributed by atoms with Crippen LogP contribution in [0.2, 0.25) is 0 Å². The Labute approximate surface area is 112 Å². The van der Waals surface area contributed by atoms with E-state index in [0.717, 1.165) is 11.8 Å². The number of sulfonamides is 1. The van der Waals surface area contributed by atoms with Crippen molar-refractivity contribution in [1.29, 1.82) is 0 Å². The maximum absolute atomic E-state index is 11.0. The number of anilines is 2. The minimum atomic E-state index is -3.26. The molecule has 0 aliphatic carbocycles. The van der Waals surface area contributed by atoms with Crippen LogP contribution in [0.15, 0.2) is 42.9 Å². The van der Waals surface area contributed by atoms with Crippen LogP contribution in [0, 0.1) is 0 Å². The van der Waals surface area contributed by atoms with E-state index >= 15 is 0 Å². The first-order chi connectivity index (χ1) is 9.03. The van der Waals surface area contributed by atoms with Crippen LogP contribution in [0.1, 0.15) is 5.56 Å². The predicted octanol–water partition coefficient (Wildman–Crippen LogP) is 1.46. The lowest BCUT2D eigenvalue weighted by atomic mass is 10.3. The highest BCUT2D eigenvalue weighted by atomic mass is 32.2. The number of hydrogen-bond acceptors (Lipinski definition) is 5. The van der Waals surface area contributed by atoms with Gasteiger partial charge in [0.2, 0.25) is 10.0 Å². The fourth-order valence-corrected chi connectivity index (χ4v) is 2.02. The molecule has 0 amide bonds. The van der Waals surface area contributed by atoms with Gasteiger partial charge in [-0.15, -0.1) is 0 Å². The molecule has 0 spiro atoms. The number of aromatic nitrogens is 2. The van der Waals surface area contributed by atoms with Crippen LogP contribution in [-0.4, -0.2) is 24.6 Å². The van der Waals surface area contributed by atoms with E-state index in [2.05, 4.69) is 20.0 Å². The maximum Gasteiger partial charge on any atom is 0.229 e. The van der Waals surface area contributed by atoms with Crippen LogP contribution >= 0.6 is 0 Å². The second-order valence-corrected chi connectivity index (χ2v) is 5.77. The highest BCUT2D eigenvalue weighted by Gasteiger charge is 2.02. The Kier molecular flexibility index (Phi) is 3.96. The lowest BCUT2D eigenvalue weighted by Gasteiger charge is -2.07. The molecule has 2 aromatic heterocycles. The second-order valence-electron chi connectivity index (χ2n) is 4.02. The Morgan fingerprint density at radius 1 is 1.21 bits per heavy atom. The Morgan fingerprint density at radius 3 is 2.63 bits per heavy atom. The Hall–Kier alpha value is -2.15. The summed E-state index contributed by atoms with van der Waals surface area (Å²) in [6.45, 7) is 0.611. The van der Waals surface area contributed by atoms with Gasteiger partial charge in [-0.05, 0) is 23.8 Å². The minimum absolute atomic E-state index is 0.439. The molecular weight excluding hydrogens is 264 g/mol. The van der Waals surface area contributed by atoms with Gasteiger partial charge >= 0.3 is 0 Å². The first kappa shape index (κ1) is 13.3. The SMILES string of the molecule is CS(=O)(=O)Nc1ccc(NCc2cccnc2)nc1. The normalized spacial score (nSPS) is 11.0. The van der Waals surface area contributed by atoms with Gasteiger partial charge in [-0.3, -0.25) is 9.71 Å². The summed E-state index contributed by atoms with van der Waals surface area (Å²) in [4.78, 5) is 8.13. The van der Waals surface area contributed by atoms with E-state index in [-0.39, 0.29) is 0 Å². The summed E-state index contributed by atoms with van der Waals surface area (Å²) in [5, 5.41) is 3.12. The molecular formula is C12H14N4O2S. The molecule has 0 saturated carbocycles. The third-order valence-corrected chi connectivity index (χ3v) is 2.87. The summed E-state index contributed by atoms with van der Waals surface area (Å²) in [7, 11) is -3.26. The zero-order valence-corrected chi connectivity index (χ0v) is 11.2. The molecule has 0 aliphatic rings. The molecule has 2 N–H and O–H groups in total. The van der Waals surface area contributed by atoms with E-state index < -0.39 is 10.0 Å². The summed E-state index contributed by atoms with van der Waals surface area (Å²) in [5.74, 6) is 0.669. The average Bonchev–Trinajstić information content (AvgIpc) is 2.37. The van der Waals surface area contributed by atoms with Gasteiger partial charge in [0, 0.05) is 18.9 Å². The van der Waals surface area contributed by atoms with Crippen molar-refractivity contribution in [3.63, 3.8) is 0 Å². The van der Waals surface area contributed by atoms with Gasteiger partial charge in [-0.2, -0.15) is 0 Å². The van der Waals surface area contributed by atoms with Crippen molar-refractivity contribution in [1.82, 2.24) is 9.97 Å². The van der Waals surface area contributed by atoms with Gasteiger partial charge in [0.15, 0.2) is 0 Å². The Balaban J connectivity index is 1.96. The monoisotopic (exact) mass is 278 g/mol. The predicted molar refractivity (Wildman–Crippen MR) is 74.3 cm³/mol. The molecule has 0 aliphatic heterocycles. The lowest BCUT2D eigenvalue weighted by Crippen LogP contribution is -2.10. The van der Waals surface area contributed by atoms with E-state index in [9.17, 15) is 8.42 Å². The summed E-state index contributed by atoms with van der Waals surface area (Å²) < 4.78 is 24.4. The number of hydrogen-bond donors (Lipinski definition) is 2. The summed E-state index contributed by atoms with van der Waals surface area (Å²) >= 11 is 0. The number of rotatable bonds is 5. The molecule has 19 heavy (non-hydrogen) atoms. The molecule has 0 unspecified atom stereocenters.